The van der Waals surface area contributed by atoms with Crippen molar-refractivity contribution >= 4 is 22.9 Å². The van der Waals surface area contributed by atoms with Gasteiger partial charge in [-0.3, -0.25) is 0 Å². The van der Waals surface area contributed by atoms with E-state index < -0.39 is 0 Å². The number of halogens is 1. The highest BCUT2D eigenvalue weighted by atomic mass is 35.5. The molecule has 1 unspecified atom stereocenters. The van der Waals surface area contributed by atoms with Crippen molar-refractivity contribution in [3.05, 3.63) is 22.4 Å². The maximum absolute atomic E-state index is 6.01. The maximum Gasteiger partial charge on any atom is 0.0333 e. The van der Waals surface area contributed by atoms with E-state index in [2.05, 4.69) is 23.8 Å². The van der Waals surface area contributed by atoms with Crippen molar-refractivity contribution < 1.29 is 0 Å². The van der Waals surface area contributed by atoms with Crippen LogP contribution in [0.1, 0.15) is 31.7 Å². The Hall–Kier alpha value is -0.0100. The van der Waals surface area contributed by atoms with Crippen molar-refractivity contribution in [2.45, 2.75) is 38.0 Å². The largest absolute Gasteiger partial charge is 0.152 e. The summed E-state index contributed by atoms with van der Waals surface area (Å²) in [5.74, 6) is 0. The second-order valence-corrected chi connectivity index (χ2v) is 4.43. The van der Waals surface area contributed by atoms with Gasteiger partial charge in [-0.05, 0) is 48.1 Å². The monoisotopic (exact) mass is 202 g/mol. The van der Waals surface area contributed by atoms with E-state index in [4.69, 9.17) is 11.6 Å². The summed E-state index contributed by atoms with van der Waals surface area (Å²) in [6.45, 7) is 2.14. The third kappa shape index (κ3) is 3.59. The van der Waals surface area contributed by atoms with E-state index in [1.807, 2.05) is 0 Å². The lowest BCUT2D eigenvalue weighted by Crippen LogP contribution is -1.96. The molecule has 0 aliphatic carbocycles. The standard InChI is InChI=1S/C10H15ClS/c1-2-10(11)5-3-4-9-6-7-12-8-9/h6-8,10H,2-5H2,1H3. The molecule has 1 aromatic heterocycles. The first-order valence-corrected chi connectivity index (χ1v) is 5.86. The summed E-state index contributed by atoms with van der Waals surface area (Å²) in [6, 6.07) is 2.19. The normalized spacial score (nSPS) is 13.2. The Bertz CT molecular complexity index is 194. The van der Waals surface area contributed by atoms with Crippen LogP contribution in [0.25, 0.3) is 0 Å². The van der Waals surface area contributed by atoms with Gasteiger partial charge in [-0.1, -0.05) is 6.92 Å². The quantitative estimate of drug-likeness (QED) is 0.631. The number of hydrogen-bond donors (Lipinski definition) is 0. The maximum atomic E-state index is 6.01. The van der Waals surface area contributed by atoms with Crippen molar-refractivity contribution in [2.24, 2.45) is 0 Å². The van der Waals surface area contributed by atoms with Gasteiger partial charge in [-0.25, -0.2) is 0 Å². The summed E-state index contributed by atoms with van der Waals surface area (Å²) in [5, 5.41) is 4.73. The molecule has 0 bridgehead atoms. The lowest BCUT2D eigenvalue weighted by atomic mass is 10.1. The lowest BCUT2D eigenvalue weighted by Gasteiger charge is -2.04. The zero-order valence-electron chi connectivity index (χ0n) is 7.42. The zero-order valence-corrected chi connectivity index (χ0v) is 9.00. The minimum atomic E-state index is 0.378. The molecule has 68 valence electrons. The first-order valence-electron chi connectivity index (χ1n) is 4.48. The smallest absolute Gasteiger partial charge is 0.0333 e. The molecule has 0 aliphatic rings. The Labute approximate surface area is 83.6 Å². The molecule has 0 fully saturated rings. The molecule has 0 saturated carbocycles. The first-order chi connectivity index (χ1) is 5.83. The van der Waals surface area contributed by atoms with E-state index in [9.17, 15) is 0 Å². The van der Waals surface area contributed by atoms with Gasteiger partial charge in [-0.15, -0.1) is 11.6 Å². The van der Waals surface area contributed by atoms with Gasteiger partial charge >= 0.3 is 0 Å². The molecule has 12 heavy (non-hydrogen) atoms. The van der Waals surface area contributed by atoms with Crippen LogP contribution in [-0.4, -0.2) is 5.38 Å². The predicted molar refractivity (Wildman–Crippen MR) is 57.2 cm³/mol. The molecule has 0 spiro atoms. The van der Waals surface area contributed by atoms with Crippen molar-refractivity contribution in [3.63, 3.8) is 0 Å². The molecule has 0 N–H and O–H groups in total. The Kier molecular flexibility index (Phi) is 4.70. The molecule has 0 saturated heterocycles. The molecular formula is C10H15ClS. The fraction of sp³-hybridized carbons (Fsp3) is 0.600. The van der Waals surface area contributed by atoms with Crippen LogP contribution in [0.2, 0.25) is 0 Å². The van der Waals surface area contributed by atoms with Crippen LogP contribution < -0.4 is 0 Å². The Morgan fingerprint density at radius 3 is 3.00 bits per heavy atom. The predicted octanol–water partition coefficient (Wildman–Crippen LogP) is 4.09. The summed E-state index contributed by atoms with van der Waals surface area (Å²) < 4.78 is 0. The molecule has 0 radical (unpaired) electrons. The van der Waals surface area contributed by atoms with Crippen molar-refractivity contribution in [1.82, 2.24) is 0 Å². The average molecular weight is 203 g/mol. The van der Waals surface area contributed by atoms with E-state index in [0.717, 1.165) is 12.8 Å². The van der Waals surface area contributed by atoms with Crippen LogP contribution in [0.3, 0.4) is 0 Å². The highest BCUT2D eigenvalue weighted by molar-refractivity contribution is 7.07. The van der Waals surface area contributed by atoms with E-state index in [-0.39, 0.29) is 0 Å². The topological polar surface area (TPSA) is 0 Å². The molecule has 0 aliphatic heterocycles. The van der Waals surface area contributed by atoms with E-state index >= 15 is 0 Å². The van der Waals surface area contributed by atoms with Crippen LogP contribution in [0, 0.1) is 0 Å². The van der Waals surface area contributed by atoms with Crippen LogP contribution in [0.15, 0.2) is 16.8 Å². The minimum absolute atomic E-state index is 0.378. The SMILES string of the molecule is CCC(Cl)CCCc1ccsc1. The van der Waals surface area contributed by atoms with Crippen molar-refractivity contribution in [1.29, 1.82) is 0 Å². The number of aryl methyl sites for hydroxylation is 1. The third-order valence-electron chi connectivity index (χ3n) is 2.01. The molecule has 1 rings (SSSR count). The number of thiophene rings is 1. The van der Waals surface area contributed by atoms with Crippen LogP contribution in [0.5, 0.6) is 0 Å². The summed E-state index contributed by atoms with van der Waals surface area (Å²) in [5.41, 5.74) is 1.46. The fourth-order valence-corrected chi connectivity index (χ4v) is 2.02. The van der Waals surface area contributed by atoms with Crippen LogP contribution in [0.4, 0.5) is 0 Å². The Morgan fingerprint density at radius 1 is 1.58 bits per heavy atom. The molecule has 1 aromatic rings. The first kappa shape index (κ1) is 10.1. The summed E-state index contributed by atoms with van der Waals surface area (Å²) >= 11 is 7.78. The Balaban J connectivity index is 2.11. The highest BCUT2D eigenvalue weighted by Crippen LogP contribution is 2.14. The van der Waals surface area contributed by atoms with Gasteiger partial charge < -0.3 is 0 Å². The van der Waals surface area contributed by atoms with Gasteiger partial charge in [0.15, 0.2) is 0 Å². The second-order valence-electron chi connectivity index (χ2n) is 3.03. The average Bonchev–Trinajstić information content (AvgIpc) is 2.57. The summed E-state index contributed by atoms with van der Waals surface area (Å²) in [7, 11) is 0. The summed E-state index contributed by atoms with van der Waals surface area (Å²) in [4.78, 5) is 0. The molecule has 1 atom stereocenters. The zero-order chi connectivity index (χ0) is 8.81. The molecule has 2 heteroatoms. The lowest BCUT2D eigenvalue weighted by molar-refractivity contribution is 0.675. The van der Waals surface area contributed by atoms with E-state index in [1.165, 1.54) is 18.4 Å². The van der Waals surface area contributed by atoms with Gasteiger partial charge in [0.2, 0.25) is 0 Å². The fourth-order valence-electron chi connectivity index (χ4n) is 1.17. The molecule has 0 aromatic carbocycles. The molecular weight excluding hydrogens is 188 g/mol. The van der Waals surface area contributed by atoms with Crippen LogP contribution in [-0.2, 0) is 6.42 Å². The van der Waals surface area contributed by atoms with Gasteiger partial charge in [0.05, 0.1) is 0 Å². The van der Waals surface area contributed by atoms with Gasteiger partial charge in [0, 0.05) is 5.38 Å². The number of alkyl halides is 1. The number of rotatable bonds is 5. The van der Waals surface area contributed by atoms with E-state index in [0.29, 0.717) is 5.38 Å². The van der Waals surface area contributed by atoms with Gasteiger partial charge in [0.1, 0.15) is 0 Å². The van der Waals surface area contributed by atoms with E-state index in [1.54, 1.807) is 11.3 Å². The van der Waals surface area contributed by atoms with Crippen molar-refractivity contribution in [2.75, 3.05) is 0 Å². The second kappa shape index (κ2) is 5.60. The third-order valence-corrected chi connectivity index (χ3v) is 3.26. The molecule has 0 amide bonds. The minimum Gasteiger partial charge on any atom is -0.152 e. The van der Waals surface area contributed by atoms with Crippen molar-refractivity contribution in [3.8, 4) is 0 Å². The number of hydrogen-bond acceptors (Lipinski definition) is 1. The van der Waals surface area contributed by atoms with Gasteiger partial charge in [-0.2, -0.15) is 11.3 Å². The summed E-state index contributed by atoms with van der Waals surface area (Å²) in [6.07, 6.45) is 4.64. The Morgan fingerprint density at radius 2 is 2.42 bits per heavy atom. The van der Waals surface area contributed by atoms with Gasteiger partial charge in [0.25, 0.3) is 0 Å². The molecule has 0 nitrogen and oxygen atoms in total. The highest BCUT2D eigenvalue weighted by Gasteiger charge is 2.00. The van der Waals surface area contributed by atoms with Crippen LogP contribution >= 0.6 is 22.9 Å². The molecule has 1 heterocycles.